The van der Waals surface area contributed by atoms with E-state index in [4.69, 9.17) is 14.3 Å². The van der Waals surface area contributed by atoms with Gasteiger partial charge >= 0.3 is 5.97 Å². The lowest BCUT2D eigenvalue weighted by Crippen LogP contribution is -1.95. The highest BCUT2D eigenvalue weighted by molar-refractivity contribution is 5.87. The molecule has 0 radical (unpaired) electrons. The molecule has 0 unspecified atom stereocenters. The number of furan rings is 1. The maximum absolute atomic E-state index is 10.5. The second kappa shape index (κ2) is 6.03. The van der Waals surface area contributed by atoms with Crippen LogP contribution in [0, 0.1) is 0 Å². The molecular weight excluding hydrogens is 196 g/mol. The van der Waals surface area contributed by atoms with E-state index < -0.39 is 5.97 Å². The van der Waals surface area contributed by atoms with Gasteiger partial charge in [-0.3, -0.25) is 0 Å². The summed E-state index contributed by atoms with van der Waals surface area (Å²) in [5.41, 5.74) is 0.152. The number of allylic oxidation sites excluding steroid dienone is 1. The normalized spacial score (nSPS) is 10.1. The average Bonchev–Trinajstić information content (AvgIpc) is 2.66. The van der Waals surface area contributed by atoms with Gasteiger partial charge in [0, 0.05) is 6.61 Å². The molecule has 0 atom stereocenters. The molecule has 1 heterocycles. The Morgan fingerprint density at radius 2 is 2.47 bits per heavy atom. The molecule has 0 aromatic carbocycles. The fraction of sp³-hybridized carbons (Fsp3) is 0.364. The van der Waals surface area contributed by atoms with Gasteiger partial charge in [0.1, 0.15) is 18.6 Å². The zero-order chi connectivity index (χ0) is 11.1. The number of unbranched alkanes of at least 4 members (excludes halogenated alkanes) is 1. The van der Waals surface area contributed by atoms with E-state index >= 15 is 0 Å². The van der Waals surface area contributed by atoms with Crippen LogP contribution in [0.3, 0.4) is 0 Å². The van der Waals surface area contributed by atoms with Crippen molar-refractivity contribution < 1.29 is 19.1 Å². The molecular formula is C11H14O4. The summed E-state index contributed by atoms with van der Waals surface area (Å²) in [5.74, 6) is -0.456. The maximum Gasteiger partial charge on any atom is 0.338 e. The van der Waals surface area contributed by atoms with Crippen molar-refractivity contribution in [2.75, 3.05) is 6.61 Å². The van der Waals surface area contributed by atoms with Gasteiger partial charge in [-0.15, -0.1) is 6.58 Å². The van der Waals surface area contributed by atoms with Crippen molar-refractivity contribution in [3.8, 4) is 0 Å². The van der Waals surface area contributed by atoms with Gasteiger partial charge in [0.25, 0.3) is 0 Å². The zero-order valence-electron chi connectivity index (χ0n) is 8.44. The minimum Gasteiger partial charge on any atom is -0.478 e. The smallest absolute Gasteiger partial charge is 0.338 e. The predicted molar refractivity (Wildman–Crippen MR) is 54.8 cm³/mol. The Labute approximate surface area is 88.2 Å². The Balaban J connectivity index is 2.25. The first-order valence-electron chi connectivity index (χ1n) is 4.73. The van der Waals surface area contributed by atoms with Crippen molar-refractivity contribution in [1.82, 2.24) is 0 Å². The molecule has 0 amide bonds. The van der Waals surface area contributed by atoms with Crippen LogP contribution in [0.5, 0.6) is 0 Å². The summed E-state index contributed by atoms with van der Waals surface area (Å²) in [5, 5.41) is 8.63. The lowest BCUT2D eigenvalue weighted by molar-refractivity contribution is 0.0696. The summed E-state index contributed by atoms with van der Waals surface area (Å²) in [6, 6.07) is 1.47. The van der Waals surface area contributed by atoms with Crippen LogP contribution in [0.1, 0.15) is 29.0 Å². The molecule has 1 N–H and O–H groups in total. The van der Waals surface area contributed by atoms with E-state index in [-0.39, 0.29) is 5.56 Å². The molecule has 1 rings (SSSR count). The van der Waals surface area contributed by atoms with Crippen molar-refractivity contribution >= 4 is 5.97 Å². The third kappa shape index (κ3) is 3.99. The molecule has 82 valence electrons. The molecule has 15 heavy (non-hydrogen) atoms. The van der Waals surface area contributed by atoms with Crippen LogP contribution in [0.25, 0.3) is 0 Å². The summed E-state index contributed by atoms with van der Waals surface area (Å²) in [4.78, 5) is 10.5. The van der Waals surface area contributed by atoms with Crippen molar-refractivity contribution in [2.45, 2.75) is 19.4 Å². The molecule has 0 aliphatic rings. The monoisotopic (exact) mass is 210 g/mol. The molecule has 0 saturated carbocycles. The van der Waals surface area contributed by atoms with Crippen LogP contribution in [0.15, 0.2) is 29.4 Å². The van der Waals surface area contributed by atoms with E-state index in [2.05, 4.69) is 6.58 Å². The SMILES string of the molecule is C=CCCCOCc1cc(C(=O)O)co1. The van der Waals surface area contributed by atoms with Gasteiger partial charge in [0.15, 0.2) is 0 Å². The molecule has 1 aromatic heterocycles. The number of hydrogen-bond donors (Lipinski definition) is 1. The second-order valence-electron chi connectivity index (χ2n) is 3.09. The number of ether oxygens (including phenoxy) is 1. The molecule has 1 aromatic rings. The molecule has 4 heteroatoms. The first-order chi connectivity index (χ1) is 7.24. The first-order valence-corrected chi connectivity index (χ1v) is 4.73. The van der Waals surface area contributed by atoms with E-state index in [9.17, 15) is 4.79 Å². The average molecular weight is 210 g/mol. The highest BCUT2D eigenvalue weighted by Gasteiger charge is 2.07. The lowest BCUT2D eigenvalue weighted by Gasteiger charge is -1.99. The largest absolute Gasteiger partial charge is 0.478 e. The van der Waals surface area contributed by atoms with Gasteiger partial charge in [0.2, 0.25) is 0 Å². The molecule has 0 spiro atoms. The number of carboxylic acid groups (broad SMARTS) is 1. The van der Waals surface area contributed by atoms with Crippen molar-refractivity contribution in [1.29, 1.82) is 0 Å². The summed E-state index contributed by atoms with van der Waals surface area (Å²) in [7, 11) is 0. The minimum absolute atomic E-state index is 0.152. The maximum atomic E-state index is 10.5. The van der Waals surface area contributed by atoms with Gasteiger partial charge in [-0.2, -0.15) is 0 Å². The fourth-order valence-corrected chi connectivity index (χ4v) is 1.07. The first kappa shape index (κ1) is 11.5. The number of hydrogen-bond acceptors (Lipinski definition) is 3. The van der Waals surface area contributed by atoms with Crippen LogP contribution < -0.4 is 0 Å². The highest BCUT2D eigenvalue weighted by atomic mass is 16.5. The summed E-state index contributed by atoms with van der Waals surface area (Å²) < 4.78 is 10.3. The van der Waals surface area contributed by atoms with Gasteiger partial charge < -0.3 is 14.3 Å². The molecule has 0 saturated heterocycles. The number of rotatable bonds is 7. The second-order valence-corrected chi connectivity index (χ2v) is 3.09. The topological polar surface area (TPSA) is 59.7 Å². The van der Waals surface area contributed by atoms with Crippen LogP contribution in [0.4, 0.5) is 0 Å². The van der Waals surface area contributed by atoms with E-state index in [1.807, 2.05) is 6.08 Å². The third-order valence-electron chi connectivity index (χ3n) is 1.84. The lowest BCUT2D eigenvalue weighted by atomic mass is 10.3. The van der Waals surface area contributed by atoms with Crippen LogP contribution in [-0.2, 0) is 11.3 Å². The Morgan fingerprint density at radius 1 is 1.67 bits per heavy atom. The number of aromatic carboxylic acids is 1. The van der Waals surface area contributed by atoms with E-state index in [1.54, 1.807) is 0 Å². The quantitative estimate of drug-likeness (QED) is 0.554. The Bertz CT molecular complexity index is 327. The van der Waals surface area contributed by atoms with Crippen molar-refractivity contribution in [3.05, 3.63) is 36.3 Å². The Hall–Kier alpha value is -1.55. The fourth-order valence-electron chi connectivity index (χ4n) is 1.07. The molecule has 0 aliphatic carbocycles. The van der Waals surface area contributed by atoms with Gasteiger partial charge in [0.05, 0.1) is 5.56 Å². The predicted octanol–water partition coefficient (Wildman–Crippen LogP) is 2.46. The van der Waals surface area contributed by atoms with E-state index in [0.717, 1.165) is 12.8 Å². The van der Waals surface area contributed by atoms with Gasteiger partial charge in [-0.1, -0.05) is 6.08 Å². The van der Waals surface area contributed by atoms with Crippen LogP contribution >= 0.6 is 0 Å². The Morgan fingerprint density at radius 3 is 3.07 bits per heavy atom. The van der Waals surface area contributed by atoms with Gasteiger partial charge in [-0.05, 0) is 18.9 Å². The van der Waals surface area contributed by atoms with E-state index in [0.29, 0.717) is 19.0 Å². The van der Waals surface area contributed by atoms with Crippen LogP contribution in [0.2, 0.25) is 0 Å². The van der Waals surface area contributed by atoms with Crippen LogP contribution in [-0.4, -0.2) is 17.7 Å². The molecule has 4 nitrogen and oxygen atoms in total. The van der Waals surface area contributed by atoms with Crippen molar-refractivity contribution in [3.63, 3.8) is 0 Å². The summed E-state index contributed by atoms with van der Waals surface area (Å²) in [6.07, 6.45) is 4.87. The third-order valence-corrected chi connectivity index (χ3v) is 1.84. The minimum atomic E-state index is -0.989. The zero-order valence-corrected chi connectivity index (χ0v) is 8.44. The number of carboxylic acids is 1. The highest BCUT2D eigenvalue weighted by Crippen LogP contribution is 2.09. The molecule has 0 fully saturated rings. The standard InChI is InChI=1S/C11H14O4/c1-2-3-4-5-14-8-10-6-9(7-15-10)11(12)13/h2,6-7H,1,3-5,8H2,(H,12,13). The summed E-state index contributed by atoms with van der Waals surface area (Å²) in [6.45, 7) is 4.53. The molecule has 0 bridgehead atoms. The molecule has 0 aliphatic heterocycles. The van der Waals surface area contributed by atoms with Gasteiger partial charge in [-0.25, -0.2) is 4.79 Å². The van der Waals surface area contributed by atoms with Crippen molar-refractivity contribution in [2.24, 2.45) is 0 Å². The van der Waals surface area contributed by atoms with E-state index in [1.165, 1.54) is 12.3 Å². The Kier molecular flexibility index (Phi) is 4.63. The number of carbonyl (C=O) groups is 1. The summed E-state index contributed by atoms with van der Waals surface area (Å²) >= 11 is 0.